The maximum atomic E-state index is 8.61. The van der Waals surface area contributed by atoms with Gasteiger partial charge in [0, 0.05) is 0 Å². The molecule has 1 aromatic carbocycles. The predicted molar refractivity (Wildman–Crippen MR) is 76.4 cm³/mol. The van der Waals surface area contributed by atoms with Gasteiger partial charge in [-0.1, -0.05) is 47.6 Å². The Kier molecular flexibility index (Phi) is 7.21. The van der Waals surface area contributed by atoms with E-state index in [0.717, 1.165) is 11.4 Å². The van der Waals surface area contributed by atoms with E-state index in [1.165, 1.54) is 6.21 Å². The highest BCUT2D eigenvalue weighted by molar-refractivity contribution is 5.72. The molecule has 0 atom stereocenters. The van der Waals surface area contributed by atoms with Gasteiger partial charge in [0.05, 0.1) is 13.7 Å². The number of hydrogen-bond donors (Lipinski definition) is 1. The summed E-state index contributed by atoms with van der Waals surface area (Å²) in [4.78, 5) is 0. The lowest BCUT2D eigenvalue weighted by molar-refractivity contribution is -0.672. The molecule has 2 rings (SSSR count). The summed E-state index contributed by atoms with van der Waals surface area (Å²) in [6.07, 6.45) is 9.12. The molecule has 5 nitrogen and oxygen atoms in total. The van der Waals surface area contributed by atoms with Crippen molar-refractivity contribution in [1.82, 2.24) is 4.57 Å². The van der Waals surface area contributed by atoms with E-state index in [4.69, 9.17) is 9.94 Å². The molecule has 21 heavy (non-hydrogen) atoms. The molecule has 0 aliphatic heterocycles. The van der Waals surface area contributed by atoms with Crippen molar-refractivity contribution >= 4 is 12.3 Å². The minimum absolute atomic E-state index is 0. The zero-order valence-electron chi connectivity index (χ0n) is 11.8. The molecule has 0 aliphatic carbocycles. The van der Waals surface area contributed by atoms with E-state index in [0.29, 0.717) is 13.3 Å². The van der Waals surface area contributed by atoms with Gasteiger partial charge < -0.3 is 22.4 Å². The van der Waals surface area contributed by atoms with E-state index in [-0.39, 0.29) is 12.4 Å². The molecule has 0 unspecified atom stereocenters. The lowest BCUT2D eigenvalue weighted by atomic mass is 10.2. The predicted octanol–water partition coefficient (Wildman–Crippen LogP) is -1.19. The molecule has 6 heteroatoms. The van der Waals surface area contributed by atoms with Crippen LogP contribution in [0.3, 0.4) is 0 Å². The first kappa shape index (κ1) is 16.9. The topological polar surface area (TPSA) is 50.6 Å². The molecule has 0 spiro atoms. The standard InChI is InChI=1S/C15H17N3O2.ClH/c1-17-9-10-18(15(17)12-16-19)13-20-11-5-8-14-6-3-2-4-7-14;/h2-10,12H,11,13H2,1H3;1H/b8-5+;. The Hall–Kier alpha value is -2.11. The van der Waals surface area contributed by atoms with Crippen molar-refractivity contribution in [3.8, 4) is 0 Å². The van der Waals surface area contributed by atoms with Gasteiger partial charge in [0.2, 0.25) is 0 Å². The van der Waals surface area contributed by atoms with Crippen molar-refractivity contribution in [2.24, 2.45) is 12.2 Å². The molecule has 0 bridgehead atoms. The second-order valence-electron chi connectivity index (χ2n) is 4.29. The average molecular weight is 308 g/mol. The molecule has 112 valence electrons. The van der Waals surface area contributed by atoms with Crippen LogP contribution in [-0.4, -0.2) is 22.6 Å². The molecule has 1 N–H and O–H groups in total. The SMILES string of the molecule is C[n+]1ccn(COC/C=C/c2ccccc2)c1/C=N/O.[Cl-]. The van der Waals surface area contributed by atoms with Gasteiger partial charge >= 0.3 is 5.82 Å². The van der Waals surface area contributed by atoms with Crippen LogP contribution in [0.2, 0.25) is 0 Å². The molecule has 0 radical (unpaired) electrons. The number of aromatic nitrogens is 2. The van der Waals surface area contributed by atoms with Gasteiger partial charge in [-0.25, -0.2) is 9.13 Å². The molecule has 1 heterocycles. The van der Waals surface area contributed by atoms with Gasteiger partial charge in [0.25, 0.3) is 0 Å². The highest BCUT2D eigenvalue weighted by Crippen LogP contribution is 2.01. The molecule has 0 aliphatic rings. The number of aryl methyl sites for hydroxylation is 1. The van der Waals surface area contributed by atoms with Crippen molar-refractivity contribution < 1.29 is 26.9 Å². The maximum absolute atomic E-state index is 8.61. The number of hydrogen-bond acceptors (Lipinski definition) is 3. The fraction of sp³-hybridized carbons (Fsp3) is 0.200. The zero-order valence-corrected chi connectivity index (χ0v) is 12.5. The van der Waals surface area contributed by atoms with Gasteiger partial charge in [-0.3, -0.25) is 0 Å². The Labute approximate surface area is 130 Å². The summed E-state index contributed by atoms with van der Waals surface area (Å²) in [6.45, 7) is 0.924. The Morgan fingerprint density at radius 1 is 1.33 bits per heavy atom. The highest BCUT2D eigenvalue weighted by Gasteiger charge is 2.11. The first-order valence-electron chi connectivity index (χ1n) is 6.33. The molecular weight excluding hydrogens is 290 g/mol. The smallest absolute Gasteiger partial charge is 0.305 e. The summed E-state index contributed by atoms with van der Waals surface area (Å²) in [7, 11) is 1.88. The largest absolute Gasteiger partial charge is 1.00 e. The van der Waals surface area contributed by atoms with E-state index in [9.17, 15) is 0 Å². The first-order chi connectivity index (χ1) is 9.81. The average Bonchev–Trinajstić information content (AvgIpc) is 2.81. The second-order valence-corrected chi connectivity index (χ2v) is 4.29. The Morgan fingerprint density at radius 2 is 2.10 bits per heavy atom. The van der Waals surface area contributed by atoms with E-state index in [1.54, 1.807) is 0 Å². The maximum Gasteiger partial charge on any atom is 0.305 e. The van der Waals surface area contributed by atoms with Crippen LogP contribution in [0.1, 0.15) is 11.4 Å². The van der Waals surface area contributed by atoms with Crippen LogP contribution >= 0.6 is 0 Å². The number of rotatable bonds is 6. The summed E-state index contributed by atoms with van der Waals surface area (Å²) >= 11 is 0. The van der Waals surface area contributed by atoms with Gasteiger partial charge in [-0.05, 0) is 5.56 Å². The quantitative estimate of drug-likeness (QED) is 0.240. The van der Waals surface area contributed by atoms with Crippen LogP contribution in [0.5, 0.6) is 0 Å². The fourth-order valence-electron chi connectivity index (χ4n) is 1.83. The number of oxime groups is 1. The van der Waals surface area contributed by atoms with Gasteiger partial charge in [0.1, 0.15) is 12.4 Å². The molecule has 0 amide bonds. The third kappa shape index (κ3) is 5.06. The van der Waals surface area contributed by atoms with Crippen molar-refractivity contribution in [2.45, 2.75) is 6.73 Å². The minimum atomic E-state index is 0. The number of benzene rings is 1. The number of imidazole rings is 1. The summed E-state index contributed by atoms with van der Waals surface area (Å²) in [5.41, 5.74) is 1.15. The summed E-state index contributed by atoms with van der Waals surface area (Å²) in [5, 5.41) is 11.7. The molecule has 0 fully saturated rings. The van der Waals surface area contributed by atoms with Gasteiger partial charge in [-0.2, -0.15) is 0 Å². The van der Waals surface area contributed by atoms with Crippen molar-refractivity contribution in [1.29, 1.82) is 0 Å². The van der Waals surface area contributed by atoms with Crippen molar-refractivity contribution in [3.63, 3.8) is 0 Å². The van der Waals surface area contributed by atoms with Crippen LogP contribution < -0.4 is 17.0 Å². The third-order valence-electron chi connectivity index (χ3n) is 2.85. The molecular formula is C15H18ClN3O2. The Bertz CT molecular complexity index is 594. The van der Waals surface area contributed by atoms with Gasteiger partial charge in [0.15, 0.2) is 12.9 Å². The third-order valence-corrected chi connectivity index (χ3v) is 2.85. The molecule has 0 saturated heterocycles. The Balaban J connectivity index is 0.00000220. The Morgan fingerprint density at radius 3 is 2.81 bits per heavy atom. The minimum Gasteiger partial charge on any atom is -1.00 e. The molecule has 1 aromatic heterocycles. The first-order valence-corrected chi connectivity index (χ1v) is 6.33. The zero-order chi connectivity index (χ0) is 14.2. The molecule has 0 saturated carbocycles. The molecule has 2 aromatic rings. The van der Waals surface area contributed by atoms with Crippen molar-refractivity contribution in [2.75, 3.05) is 6.61 Å². The normalized spacial score (nSPS) is 11.1. The fourth-order valence-corrected chi connectivity index (χ4v) is 1.83. The van der Waals surface area contributed by atoms with Gasteiger partial charge in [-0.15, -0.1) is 0 Å². The second kappa shape index (κ2) is 8.94. The van der Waals surface area contributed by atoms with Crippen LogP contribution in [-0.2, 0) is 18.5 Å². The van der Waals surface area contributed by atoms with Crippen LogP contribution in [0.15, 0.2) is 54.0 Å². The van der Waals surface area contributed by atoms with Crippen LogP contribution in [0, 0.1) is 0 Å². The van der Waals surface area contributed by atoms with Crippen molar-refractivity contribution in [3.05, 3.63) is 60.2 Å². The lowest BCUT2D eigenvalue weighted by Gasteiger charge is -1.99. The highest BCUT2D eigenvalue weighted by atomic mass is 35.5. The van der Waals surface area contributed by atoms with Crippen LogP contribution in [0.25, 0.3) is 6.08 Å². The van der Waals surface area contributed by atoms with E-state index < -0.39 is 0 Å². The summed E-state index contributed by atoms with van der Waals surface area (Å²) < 4.78 is 9.27. The number of halogens is 1. The van der Waals surface area contributed by atoms with Crippen LogP contribution in [0.4, 0.5) is 0 Å². The summed E-state index contributed by atoms with van der Waals surface area (Å²) in [6, 6.07) is 10.1. The monoisotopic (exact) mass is 307 g/mol. The van der Waals surface area contributed by atoms with E-state index in [1.807, 2.05) is 71.1 Å². The van der Waals surface area contributed by atoms with E-state index >= 15 is 0 Å². The van der Waals surface area contributed by atoms with E-state index in [2.05, 4.69) is 5.16 Å². The number of ether oxygens (including phenoxy) is 1. The number of nitrogens with zero attached hydrogens (tertiary/aromatic N) is 3. The summed E-state index contributed by atoms with van der Waals surface area (Å²) in [5.74, 6) is 0.763. The lowest BCUT2D eigenvalue weighted by Crippen LogP contribution is -3.00.